The van der Waals surface area contributed by atoms with Crippen LogP contribution in [0.4, 0.5) is 0 Å². The molecule has 0 spiro atoms. The number of rotatable bonds is 6. The number of aliphatic hydroxyl groups is 1. The number of amides is 1. The average molecular weight is 475 g/mol. The maximum Gasteiger partial charge on any atom is 0.286 e. The Morgan fingerprint density at radius 3 is 2.47 bits per heavy atom. The first-order valence-corrected chi connectivity index (χ1v) is 11.2. The number of nitrogens with zero attached hydrogens (tertiary/aromatic N) is 3. The lowest BCUT2D eigenvalue weighted by Gasteiger charge is -2.26. The van der Waals surface area contributed by atoms with Gasteiger partial charge in [0, 0.05) is 29.2 Å². The summed E-state index contributed by atoms with van der Waals surface area (Å²) in [4.78, 5) is 13.1. The molecule has 0 bridgehead atoms. The van der Waals surface area contributed by atoms with E-state index in [4.69, 9.17) is 27.9 Å². The molecule has 7 nitrogen and oxygen atoms in total. The van der Waals surface area contributed by atoms with Gasteiger partial charge in [0.05, 0.1) is 30.1 Å². The van der Waals surface area contributed by atoms with Gasteiger partial charge in [0.15, 0.2) is 5.69 Å². The average Bonchev–Trinajstić information content (AvgIpc) is 3.19. The Morgan fingerprint density at radius 1 is 1.12 bits per heavy atom. The van der Waals surface area contributed by atoms with Gasteiger partial charge in [-0.05, 0) is 55.3 Å². The number of hydrazine groups is 1. The molecule has 2 heterocycles. The van der Waals surface area contributed by atoms with Crippen LogP contribution in [0, 0.1) is 0 Å². The second kappa shape index (κ2) is 9.92. The van der Waals surface area contributed by atoms with Crippen LogP contribution >= 0.6 is 23.2 Å². The van der Waals surface area contributed by atoms with Crippen molar-refractivity contribution < 1.29 is 14.6 Å². The minimum absolute atomic E-state index is 0.148. The molecule has 0 unspecified atom stereocenters. The molecule has 0 aliphatic carbocycles. The molecule has 1 aliphatic heterocycles. The van der Waals surface area contributed by atoms with Crippen molar-refractivity contribution in [3.63, 3.8) is 0 Å². The number of hydrogen-bond donors (Lipinski definition) is 2. The van der Waals surface area contributed by atoms with E-state index in [1.807, 2.05) is 29.3 Å². The number of aliphatic hydroxyl groups excluding tert-OH is 1. The highest BCUT2D eigenvalue weighted by Gasteiger charge is 2.26. The van der Waals surface area contributed by atoms with Crippen LogP contribution in [0.5, 0.6) is 5.75 Å². The van der Waals surface area contributed by atoms with Gasteiger partial charge >= 0.3 is 0 Å². The van der Waals surface area contributed by atoms with E-state index in [0.717, 1.165) is 37.9 Å². The van der Waals surface area contributed by atoms with Crippen LogP contribution in [-0.4, -0.2) is 46.0 Å². The Labute approximate surface area is 196 Å². The first-order valence-electron chi connectivity index (χ1n) is 10.4. The van der Waals surface area contributed by atoms with E-state index in [9.17, 15) is 9.90 Å². The summed E-state index contributed by atoms with van der Waals surface area (Å²) >= 11 is 12.6. The minimum atomic E-state index is -0.366. The summed E-state index contributed by atoms with van der Waals surface area (Å²) in [6, 6.07) is 12.4. The molecule has 1 aromatic heterocycles. The smallest absolute Gasteiger partial charge is 0.286 e. The summed E-state index contributed by atoms with van der Waals surface area (Å²) in [5.41, 5.74) is 5.37. The van der Waals surface area contributed by atoms with E-state index in [1.54, 1.807) is 30.0 Å². The van der Waals surface area contributed by atoms with Gasteiger partial charge < -0.3 is 9.84 Å². The fourth-order valence-electron chi connectivity index (χ4n) is 3.86. The zero-order valence-electron chi connectivity index (χ0n) is 17.6. The normalized spacial score (nSPS) is 14.4. The lowest BCUT2D eigenvalue weighted by molar-refractivity contribution is 0.0741. The highest BCUT2D eigenvalue weighted by atomic mass is 35.5. The molecule has 2 N–H and O–H groups in total. The molecular weight excluding hydrogens is 451 g/mol. The summed E-state index contributed by atoms with van der Waals surface area (Å²) in [5, 5.41) is 17.6. The van der Waals surface area contributed by atoms with Gasteiger partial charge in [-0.1, -0.05) is 29.6 Å². The number of carbonyl (C=O) groups is 1. The van der Waals surface area contributed by atoms with Gasteiger partial charge in [0.2, 0.25) is 0 Å². The van der Waals surface area contributed by atoms with Gasteiger partial charge in [0.25, 0.3) is 5.91 Å². The number of nitrogens with one attached hydrogen (secondary N) is 1. The van der Waals surface area contributed by atoms with Crippen LogP contribution in [0.1, 0.15) is 35.3 Å². The van der Waals surface area contributed by atoms with Crippen LogP contribution in [0.15, 0.2) is 42.5 Å². The second-order valence-electron chi connectivity index (χ2n) is 7.56. The summed E-state index contributed by atoms with van der Waals surface area (Å²) in [5.74, 6) is 0.326. The zero-order valence-corrected chi connectivity index (χ0v) is 19.2. The molecule has 4 rings (SSSR count). The molecule has 0 saturated carbocycles. The van der Waals surface area contributed by atoms with Gasteiger partial charge in [-0.15, -0.1) is 0 Å². The SMILES string of the molecule is COc1ccc(-c2c(CO)c(C(=O)NN3CCCCC3)nn2-c2ccc(Cl)cc2Cl)cc1. The third-order valence-corrected chi connectivity index (χ3v) is 6.01. The third kappa shape index (κ3) is 4.61. The number of aromatic nitrogens is 2. The largest absolute Gasteiger partial charge is 0.497 e. The van der Waals surface area contributed by atoms with Crippen LogP contribution in [-0.2, 0) is 6.61 Å². The predicted octanol–water partition coefficient (Wildman–Crippen LogP) is 4.48. The number of carbonyl (C=O) groups excluding carboxylic acids is 1. The molecule has 1 fully saturated rings. The third-order valence-electron chi connectivity index (χ3n) is 5.47. The molecule has 1 aliphatic rings. The Kier molecular flexibility index (Phi) is 7.01. The molecule has 9 heteroatoms. The van der Waals surface area contributed by atoms with Crippen LogP contribution in [0.3, 0.4) is 0 Å². The van der Waals surface area contributed by atoms with E-state index < -0.39 is 0 Å². The van der Waals surface area contributed by atoms with E-state index in [0.29, 0.717) is 32.7 Å². The van der Waals surface area contributed by atoms with Crippen molar-refractivity contribution in [2.75, 3.05) is 20.2 Å². The number of halogens is 2. The quantitative estimate of drug-likeness (QED) is 0.550. The van der Waals surface area contributed by atoms with Crippen molar-refractivity contribution in [2.45, 2.75) is 25.9 Å². The summed E-state index contributed by atoms with van der Waals surface area (Å²) in [6.07, 6.45) is 3.21. The van der Waals surface area contributed by atoms with Crippen LogP contribution in [0.25, 0.3) is 16.9 Å². The minimum Gasteiger partial charge on any atom is -0.497 e. The van der Waals surface area contributed by atoms with E-state index in [2.05, 4.69) is 10.5 Å². The summed E-state index contributed by atoms with van der Waals surface area (Å²) in [6.45, 7) is 1.21. The molecule has 32 heavy (non-hydrogen) atoms. The molecule has 1 amide bonds. The molecule has 168 valence electrons. The van der Waals surface area contributed by atoms with E-state index >= 15 is 0 Å². The van der Waals surface area contributed by atoms with Gasteiger partial charge in [-0.2, -0.15) is 5.10 Å². The molecule has 0 atom stereocenters. The Bertz CT molecular complexity index is 1110. The van der Waals surface area contributed by atoms with E-state index in [-0.39, 0.29) is 18.2 Å². The number of hydrogen-bond acceptors (Lipinski definition) is 5. The number of ether oxygens (including phenoxy) is 1. The van der Waals surface area contributed by atoms with Gasteiger partial charge in [-0.25, -0.2) is 9.69 Å². The van der Waals surface area contributed by atoms with Crippen molar-refractivity contribution in [3.8, 4) is 22.7 Å². The number of piperidine rings is 1. The zero-order chi connectivity index (χ0) is 22.7. The standard InChI is InChI=1S/C23H24Cl2N4O3/c1-32-17-8-5-15(6-9-17)22-18(14-30)21(23(31)27-28-11-3-2-4-12-28)26-29(22)20-10-7-16(24)13-19(20)25/h5-10,13,30H,2-4,11-12,14H2,1H3,(H,27,31). The van der Waals surface area contributed by atoms with E-state index in [1.165, 1.54) is 0 Å². The molecule has 3 aromatic rings. The van der Waals surface area contributed by atoms with Crippen LogP contribution in [0.2, 0.25) is 10.0 Å². The van der Waals surface area contributed by atoms with Crippen LogP contribution < -0.4 is 10.2 Å². The summed E-state index contributed by atoms with van der Waals surface area (Å²) < 4.78 is 6.84. The lowest BCUT2D eigenvalue weighted by Crippen LogP contribution is -2.45. The topological polar surface area (TPSA) is 79.6 Å². The number of methoxy groups -OCH3 is 1. The van der Waals surface area contributed by atoms with Crippen molar-refractivity contribution >= 4 is 29.1 Å². The molecular formula is C23H24Cl2N4O3. The number of benzene rings is 2. The highest BCUT2D eigenvalue weighted by molar-refractivity contribution is 6.35. The monoisotopic (exact) mass is 474 g/mol. The second-order valence-corrected chi connectivity index (χ2v) is 8.40. The Balaban J connectivity index is 1.83. The fourth-order valence-corrected chi connectivity index (χ4v) is 4.35. The first-order chi connectivity index (χ1) is 15.5. The fraction of sp³-hybridized carbons (Fsp3) is 0.304. The van der Waals surface area contributed by atoms with Crippen molar-refractivity contribution in [3.05, 3.63) is 63.8 Å². The Morgan fingerprint density at radius 2 is 1.84 bits per heavy atom. The van der Waals surface area contributed by atoms with Crippen molar-refractivity contribution in [1.29, 1.82) is 0 Å². The van der Waals surface area contributed by atoms with Gasteiger partial charge in [-0.3, -0.25) is 10.2 Å². The molecule has 2 aromatic carbocycles. The van der Waals surface area contributed by atoms with Gasteiger partial charge in [0.1, 0.15) is 5.75 Å². The lowest BCUT2D eigenvalue weighted by atomic mass is 10.1. The van der Waals surface area contributed by atoms with Crippen molar-refractivity contribution in [2.24, 2.45) is 0 Å². The first kappa shape index (κ1) is 22.6. The highest BCUT2D eigenvalue weighted by Crippen LogP contribution is 2.34. The summed E-state index contributed by atoms with van der Waals surface area (Å²) in [7, 11) is 1.59. The predicted molar refractivity (Wildman–Crippen MR) is 124 cm³/mol. The molecule has 0 radical (unpaired) electrons. The molecule has 1 saturated heterocycles. The van der Waals surface area contributed by atoms with Crippen molar-refractivity contribution in [1.82, 2.24) is 20.2 Å². The maximum absolute atomic E-state index is 13.1. The Hall–Kier alpha value is -2.58. The maximum atomic E-state index is 13.1.